The number of nitrogens with zero attached hydrogens (tertiary/aromatic N) is 2. The van der Waals surface area contributed by atoms with Crippen LogP contribution in [0.5, 0.6) is 11.5 Å². The summed E-state index contributed by atoms with van der Waals surface area (Å²) in [6, 6.07) is 3.26. The maximum Gasteiger partial charge on any atom is 0.416 e. The smallest absolute Gasteiger partial charge is 0.416 e. The van der Waals surface area contributed by atoms with E-state index in [1.807, 2.05) is 0 Å². The number of likely N-dealkylation sites (tertiary alicyclic amines) is 1. The van der Waals surface area contributed by atoms with Gasteiger partial charge in [-0.2, -0.15) is 26.3 Å². The standard InChI is InChI=1S/C30H20Br2Cl2F6N2O6/c1-48-19-8-13(32)7-17(22(19)43)21-15-2-3-16-20(18(15)9-27(33)25(46)41(10-31)26(47)28(21,27)34)24(45)42(23(16)44)14-5-11(29(35,36)37)4-12(6-14)30(38,39)40/h2,4-8,16,18,20-21,43H,3,9-10H2,1H3. The van der Waals surface area contributed by atoms with Crippen molar-refractivity contribution in [3.8, 4) is 11.5 Å². The maximum atomic E-state index is 14.1. The highest BCUT2D eigenvalue weighted by Crippen LogP contribution is 2.67. The van der Waals surface area contributed by atoms with Gasteiger partial charge in [0.05, 0.1) is 41.2 Å². The molecule has 0 radical (unpaired) electrons. The van der Waals surface area contributed by atoms with Gasteiger partial charge in [0.25, 0.3) is 11.8 Å². The van der Waals surface area contributed by atoms with Gasteiger partial charge in [0, 0.05) is 16.0 Å². The van der Waals surface area contributed by atoms with Gasteiger partial charge in [-0.15, -0.1) is 23.2 Å². The van der Waals surface area contributed by atoms with Gasteiger partial charge in [0.15, 0.2) is 21.2 Å². The topological polar surface area (TPSA) is 104 Å². The number of rotatable bonds is 4. The van der Waals surface area contributed by atoms with Gasteiger partial charge >= 0.3 is 12.4 Å². The Labute approximate surface area is 294 Å². The van der Waals surface area contributed by atoms with E-state index < -0.39 is 98.4 Å². The number of fused-ring (bicyclic) bond motifs is 4. The molecule has 2 aliphatic carbocycles. The first kappa shape index (κ1) is 35.0. The van der Waals surface area contributed by atoms with Crippen molar-refractivity contribution in [1.29, 1.82) is 0 Å². The summed E-state index contributed by atoms with van der Waals surface area (Å²) < 4.78 is 87.8. The van der Waals surface area contributed by atoms with E-state index >= 15 is 0 Å². The third-order valence-corrected chi connectivity index (χ3v) is 11.8. The molecule has 2 aliphatic heterocycles. The van der Waals surface area contributed by atoms with Gasteiger partial charge in [-0.1, -0.05) is 43.5 Å². The Balaban J connectivity index is 1.54. The van der Waals surface area contributed by atoms with Gasteiger partial charge in [0.1, 0.15) is 0 Å². The third-order valence-electron chi connectivity index (χ3n) is 9.45. The summed E-state index contributed by atoms with van der Waals surface area (Å²) in [5.41, 5.74) is -4.53. The zero-order chi connectivity index (χ0) is 35.5. The van der Waals surface area contributed by atoms with Gasteiger partial charge < -0.3 is 9.84 Å². The number of phenolic OH excluding ortho intramolecular Hbond substituents is 1. The van der Waals surface area contributed by atoms with E-state index in [9.17, 15) is 50.6 Å². The summed E-state index contributed by atoms with van der Waals surface area (Å²) in [5.74, 6) is -9.91. The van der Waals surface area contributed by atoms with Crippen molar-refractivity contribution in [2.24, 2.45) is 17.8 Å². The highest BCUT2D eigenvalue weighted by molar-refractivity contribution is 9.10. The van der Waals surface area contributed by atoms with Crippen molar-refractivity contribution in [2.75, 3.05) is 17.5 Å². The minimum absolute atomic E-state index is 0.0328. The van der Waals surface area contributed by atoms with Crippen molar-refractivity contribution >= 4 is 84.4 Å². The quantitative estimate of drug-likeness (QED) is 0.116. The molecule has 1 N–H and O–H groups in total. The van der Waals surface area contributed by atoms with Crippen LogP contribution >= 0.6 is 55.1 Å². The van der Waals surface area contributed by atoms with Crippen LogP contribution in [-0.2, 0) is 31.5 Å². The van der Waals surface area contributed by atoms with Gasteiger partial charge in [0.2, 0.25) is 11.8 Å². The number of imide groups is 2. The molecule has 8 nitrogen and oxygen atoms in total. The number of phenols is 1. The molecule has 256 valence electrons. The number of carbonyl (C=O) groups is 4. The molecule has 0 aromatic heterocycles. The Hall–Kier alpha value is -2.82. The van der Waals surface area contributed by atoms with E-state index in [0.29, 0.717) is 9.37 Å². The minimum atomic E-state index is -5.25. The average Bonchev–Trinajstić information content (AvgIpc) is 3.34. The first-order chi connectivity index (χ1) is 22.2. The van der Waals surface area contributed by atoms with E-state index in [1.165, 1.54) is 25.3 Å². The summed E-state index contributed by atoms with van der Waals surface area (Å²) >= 11 is 20.6. The number of anilines is 1. The fourth-order valence-corrected chi connectivity index (χ4v) is 9.26. The molecule has 0 spiro atoms. The SMILES string of the molecule is COc1cc(Br)cc(C2C3=CCC4C(=O)N(c5cc(C(F)(F)F)cc(C(F)(F)F)c5)C(=O)C4C3CC3(Cl)C(=O)N(CBr)C(=O)C23Cl)c1O. The zero-order valence-corrected chi connectivity index (χ0v) is 28.7. The lowest BCUT2D eigenvalue weighted by molar-refractivity contribution is -0.143. The molecule has 1 saturated carbocycles. The highest BCUT2D eigenvalue weighted by atomic mass is 79.9. The minimum Gasteiger partial charge on any atom is -0.504 e. The second kappa shape index (κ2) is 11.4. The predicted molar refractivity (Wildman–Crippen MR) is 165 cm³/mol. The molecule has 48 heavy (non-hydrogen) atoms. The summed E-state index contributed by atoms with van der Waals surface area (Å²) in [4.78, 5) is 52.0. The molecule has 3 fully saturated rings. The molecule has 4 amide bonds. The van der Waals surface area contributed by atoms with Gasteiger partial charge in [-0.3, -0.25) is 24.1 Å². The molecular weight excluding hydrogens is 829 g/mol. The fourth-order valence-electron chi connectivity index (χ4n) is 7.39. The molecule has 6 atom stereocenters. The lowest BCUT2D eigenvalue weighted by Crippen LogP contribution is -2.60. The number of aromatic hydroxyl groups is 1. The summed E-state index contributed by atoms with van der Waals surface area (Å²) in [6.45, 7) is 0. The van der Waals surface area contributed by atoms with E-state index in [1.54, 1.807) is 0 Å². The number of benzene rings is 2. The van der Waals surface area contributed by atoms with Crippen LogP contribution in [0.25, 0.3) is 0 Å². The second-order valence-electron chi connectivity index (χ2n) is 11.8. The zero-order valence-electron chi connectivity index (χ0n) is 24.1. The number of ether oxygens (including phenoxy) is 1. The lowest BCUT2D eigenvalue weighted by Gasteiger charge is -2.50. The summed E-state index contributed by atoms with van der Waals surface area (Å²) in [6.07, 6.45) is -9.76. The molecule has 0 bridgehead atoms. The number of hydrogen-bond donors (Lipinski definition) is 1. The molecule has 2 saturated heterocycles. The normalized spacial score (nSPS) is 30.4. The van der Waals surface area contributed by atoms with Crippen LogP contribution in [-0.4, -0.2) is 55.9 Å². The van der Waals surface area contributed by atoms with Crippen LogP contribution in [0.3, 0.4) is 0 Å². The van der Waals surface area contributed by atoms with E-state index in [0.717, 1.165) is 4.90 Å². The number of hydrogen-bond acceptors (Lipinski definition) is 6. The van der Waals surface area contributed by atoms with Crippen LogP contribution < -0.4 is 9.64 Å². The Morgan fingerprint density at radius 3 is 2.08 bits per heavy atom. The second-order valence-corrected chi connectivity index (χ2v) is 14.5. The molecular formula is C30H20Br2Cl2F6N2O6. The molecule has 2 heterocycles. The predicted octanol–water partition coefficient (Wildman–Crippen LogP) is 7.12. The molecule has 18 heteroatoms. The van der Waals surface area contributed by atoms with Crippen molar-refractivity contribution in [1.82, 2.24) is 4.90 Å². The molecule has 2 aromatic carbocycles. The maximum absolute atomic E-state index is 14.1. The van der Waals surface area contributed by atoms with Crippen molar-refractivity contribution in [3.63, 3.8) is 0 Å². The number of allylic oxidation sites excluding steroid dienone is 2. The number of carbonyl (C=O) groups excluding carboxylic acids is 4. The average molecular weight is 849 g/mol. The van der Waals surface area contributed by atoms with Gasteiger partial charge in [-0.05, 0) is 49.1 Å². The van der Waals surface area contributed by atoms with Crippen LogP contribution in [0.15, 0.2) is 46.5 Å². The van der Waals surface area contributed by atoms with E-state index in [-0.39, 0.29) is 47.0 Å². The molecule has 2 aromatic rings. The first-order valence-electron chi connectivity index (χ1n) is 14.0. The summed E-state index contributed by atoms with van der Waals surface area (Å²) in [7, 11) is 1.26. The monoisotopic (exact) mass is 846 g/mol. The van der Waals surface area contributed by atoms with Gasteiger partial charge in [-0.25, -0.2) is 4.90 Å². The van der Waals surface area contributed by atoms with Crippen LogP contribution in [0.4, 0.5) is 32.0 Å². The highest BCUT2D eigenvalue weighted by Gasteiger charge is 2.76. The Kier molecular flexibility index (Phi) is 8.28. The van der Waals surface area contributed by atoms with E-state index in [4.69, 9.17) is 27.9 Å². The van der Waals surface area contributed by atoms with Crippen LogP contribution in [0, 0.1) is 17.8 Å². The van der Waals surface area contributed by atoms with Crippen molar-refractivity contribution in [2.45, 2.75) is 40.9 Å². The largest absolute Gasteiger partial charge is 0.504 e. The Morgan fingerprint density at radius 1 is 0.938 bits per heavy atom. The summed E-state index contributed by atoms with van der Waals surface area (Å²) in [5, 5.41) is 11.3. The number of alkyl halides is 9. The van der Waals surface area contributed by atoms with Crippen LogP contribution in [0.2, 0.25) is 0 Å². The van der Waals surface area contributed by atoms with Crippen molar-refractivity contribution in [3.05, 3.63) is 63.1 Å². The molecule has 6 unspecified atom stereocenters. The lowest BCUT2D eigenvalue weighted by atomic mass is 9.56. The number of amides is 4. The Morgan fingerprint density at radius 2 is 1.54 bits per heavy atom. The van der Waals surface area contributed by atoms with Crippen molar-refractivity contribution < 1.29 is 55.4 Å². The molecule has 4 aliphatic rings. The fraction of sp³-hybridized carbons (Fsp3) is 0.400. The number of halogens is 10. The Bertz CT molecular complexity index is 1810. The third kappa shape index (κ3) is 4.83. The van der Waals surface area contributed by atoms with E-state index in [2.05, 4.69) is 31.9 Å². The first-order valence-corrected chi connectivity index (χ1v) is 16.6. The number of methoxy groups -OCH3 is 1. The van der Waals surface area contributed by atoms with Crippen LogP contribution in [0.1, 0.15) is 35.4 Å². The molecule has 6 rings (SSSR count).